The molecule has 4 heterocycles. The maximum atomic E-state index is 14.2. The summed E-state index contributed by atoms with van der Waals surface area (Å²) in [4.78, 5) is 42.1. The van der Waals surface area contributed by atoms with Gasteiger partial charge in [-0.05, 0) is 70.2 Å². The van der Waals surface area contributed by atoms with Gasteiger partial charge in [-0.1, -0.05) is 19.9 Å². The van der Waals surface area contributed by atoms with Gasteiger partial charge in [0.05, 0.1) is 30.7 Å². The average Bonchev–Trinajstić information content (AvgIpc) is 3.12. The maximum Gasteiger partial charge on any atom is 0.408 e. The van der Waals surface area contributed by atoms with Crippen LogP contribution in [0.15, 0.2) is 31.0 Å². The van der Waals surface area contributed by atoms with Crippen molar-refractivity contribution in [2.24, 2.45) is 0 Å². The fourth-order valence-electron chi connectivity index (χ4n) is 8.00. The van der Waals surface area contributed by atoms with Crippen LogP contribution in [0, 0.1) is 0 Å². The Morgan fingerprint density at radius 1 is 1.06 bits per heavy atom. The Kier molecular flexibility index (Phi) is 11.1. The van der Waals surface area contributed by atoms with Crippen LogP contribution in [0.3, 0.4) is 0 Å². The molecule has 0 spiro atoms. The van der Waals surface area contributed by atoms with E-state index in [9.17, 15) is 31.5 Å². The predicted molar refractivity (Wildman–Crippen MR) is 189 cm³/mol. The predicted octanol–water partition coefficient (Wildman–Crippen LogP) is 7.47. The van der Waals surface area contributed by atoms with Gasteiger partial charge in [0.2, 0.25) is 17.8 Å². The summed E-state index contributed by atoms with van der Waals surface area (Å²) in [6, 6.07) is 0.238. The summed E-state index contributed by atoms with van der Waals surface area (Å²) in [6.45, 7) is 8.35. The normalized spacial score (nSPS) is 21.1. The lowest BCUT2D eigenvalue weighted by molar-refractivity contribution is -0.178. The largest absolute Gasteiger partial charge is 0.494 e. The van der Waals surface area contributed by atoms with Crippen LogP contribution in [0.4, 0.5) is 55.6 Å². The number of nitrogens with zero attached hydrogens (tertiary/aromatic N) is 6. The van der Waals surface area contributed by atoms with E-state index < -0.39 is 55.5 Å². The number of likely N-dealkylation sites (tertiary alicyclic amines) is 1. The number of ether oxygens (including phenoxy) is 1. The van der Waals surface area contributed by atoms with Crippen molar-refractivity contribution in [2.45, 2.75) is 108 Å². The Morgan fingerprint density at radius 3 is 2.37 bits per heavy atom. The Morgan fingerprint density at radius 2 is 1.75 bits per heavy atom. The maximum absolute atomic E-state index is 14.2. The molecule has 0 bridgehead atoms. The first-order valence-corrected chi connectivity index (χ1v) is 18.1. The van der Waals surface area contributed by atoms with E-state index in [1.165, 1.54) is 45.6 Å². The number of benzene rings is 1. The van der Waals surface area contributed by atoms with Crippen molar-refractivity contribution in [3.63, 3.8) is 0 Å². The van der Waals surface area contributed by atoms with E-state index in [-0.39, 0.29) is 36.6 Å². The molecule has 2 aromatic rings. The number of halogens is 5. The van der Waals surface area contributed by atoms with Crippen molar-refractivity contribution >= 4 is 40.8 Å². The second-order valence-electron chi connectivity index (χ2n) is 14.1. The summed E-state index contributed by atoms with van der Waals surface area (Å²) < 4.78 is 76.3. The standard InChI is InChI=1S/C36H47F5N8O3/c1-4-30(36(39,40)41)48-22-23-21-42-33(45-32(23)49(34(48)51)25-9-13-35(37,38)14-10-25)44-27-19-26(43-31(50)5-2)28(20-29(27)52-3)47-17-11-24(12-18-47)46-15-7-6-8-16-46/h5,19-21,24-25,30H,2,4,6-18,22H2,1,3H3,(H,43,50)(H,42,44,45)/t30-/m0/s1. The van der Waals surface area contributed by atoms with Gasteiger partial charge >= 0.3 is 12.2 Å². The van der Waals surface area contributed by atoms with E-state index in [2.05, 4.69) is 37.0 Å². The third-order valence-electron chi connectivity index (χ3n) is 10.8. The Balaban J connectivity index is 1.30. The highest BCUT2D eigenvalue weighted by Gasteiger charge is 2.50. The summed E-state index contributed by atoms with van der Waals surface area (Å²) in [7, 11) is 1.50. The fourth-order valence-corrected chi connectivity index (χ4v) is 8.00. The number of hydrogen-bond donors (Lipinski definition) is 2. The van der Waals surface area contributed by atoms with Crippen molar-refractivity contribution in [2.75, 3.05) is 53.7 Å². The number of carbonyl (C=O) groups excluding carboxylic acids is 2. The molecule has 16 heteroatoms. The van der Waals surface area contributed by atoms with E-state index in [1.54, 1.807) is 6.07 Å². The van der Waals surface area contributed by atoms with Gasteiger partial charge in [0.1, 0.15) is 17.6 Å². The highest BCUT2D eigenvalue weighted by Crippen LogP contribution is 2.43. The first kappa shape index (κ1) is 37.5. The Labute approximate surface area is 300 Å². The fraction of sp³-hybridized carbons (Fsp3) is 0.611. The lowest BCUT2D eigenvalue weighted by Gasteiger charge is -2.44. The van der Waals surface area contributed by atoms with Gasteiger partial charge in [-0.2, -0.15) is 18.2 Å². The average molecular weight is 735 g/mol. The van der Waals surface area contributed by atoms with Crippen molar-refractivity contribution in [1.29, 1.82) is 0 Å². The molecular formula is C36H47F5N8O3. The first-order chi connectivity index (χ1) is 24.8. The van der Waals surface area contributed by atoms with Crippen molar-refractivity contribution < 1.29 is 36.3 Å². The number of amides is 3. The minimum atomic E-state index is -4.69. The van der Waals surface area contributed by atoms with Gasteiger partial charge in [0, 0.05) is 55.8 Å². The second-order valence-corrected chi connectivity index (χ2v) is 14.1. The zero-order valence-electron chi connectivity index (χ0n) is 29.7. The van der Waals surface area contributed by atoms with Crippen molar-refractivity contribution in [3.05, 3.63) is 36.5 Å². The highest BCUT2D eigenvalue weighted by molar-refractivity contribution is 6.02. The molecule has 2 N–H and O–H groups in total. The number of aromatic nitrogens is 2. The van der Waals surface area contributed by atoms with Crippen molar-refractivity contribution in [1.82, 2.24) is 19.8 Å². The van der Waals surface area contributed by atoms with Crippen LogP contribution in [0.1, 0.15) is 76.7 Å². The zero-order valence-corrected chi connectivity index (χ0v) is 29.7. The number of piperidine rings is 2. The van der Waals surface area contributed by atoms with E-state index in [0.29, 0.717) is 23.2 Å². The third-order valence-corrected chi connectivity index (χ3v) is 10.8. The molecule has 2 saturated heterocycles. The van der Waals surface area contributed by atoms with Crippen LogP contribution in [-0.2, 0) is 11.3 Å². The van der Waals surface area contributed by atoms with Crippen LogP contribution in [0.2, 0.25) is 0 Å². The number of methoxy groups -OCH3 is 1. The molecule has 1 saturated carbocycles. The molecule has 6 rings (SSSR count). The quantitative estimate of drug-likeness (QED) is 0.192. The lowest BCUT2D eigenvalue weighted by Crippen LogP contribution is -2.59. The van der Waals surface area contributed by atoms with Crippen LogP contribution in [0.5, 0.6) is 5.75 Å². The van der Waals surface area contributed by atoms with E-state index in [1.807, 2.05) is 6.07 Å². The summed E-state index contributed by atoms with van der Waals surface area (Å²) >= 11 is 0. The number of hydrogen-bond acceptors (Lipinski definition) is 8. The third kappa shape index (κ3) is 8.06. The molecular weight excluding hydrogens is 687 g/mol. The number of anilines is 5. The number of alkyl halides is 5. The molecule has 4 aliphatic rings. The topological polar surface area (TPSA) is 106 Å². The molecule has 1 aliphatic carbocycles. The van der Waals surface area contributed by atoms with Gasteiger partial charge < -0.3 is 30.1 Å². The number of rotatable bonds is 10. The molecule has 0 unspecified atom stereocenters. The van der Waals surface area contributed by atoms with E-state index in [4.69, 9.17) is 4.74 Å². The Bertz CT molecular complexity index is 1620. The second kappa shape index (κ2) is 15.4. The van der Waals surface area contributed by atoms with Gasteiger partial charge in [-0.25, -0.2) is 18.6 Å². The van der Waals surface area contributed by atoms with Gasteiger partial charge in [-0.15, -0.1) is 0 Å². The molecule has 52 heavy (non-hydrogen) atoms. The van der Waals surface area contributed by atoms with Crippen LogP contribution >= 0.6 is 0 Å². The minimum Gasteiger partial charge on any atom is -0.494 e. The molecule has 284 valence electrons. The molecule has 1 atom stereocenters. The van der Waals surface area contributed by atoms with Gasteiger partial charge in [0.25, 0.3) is 0 Å². The smallest absolute Gasteiger partial charge is 0.408 e. The minimum absolute atomic E-state index is 0.00314. The first-order valence-electron chi connectivity index (χ1n) is 18.1. The monoisotopic (exact) mass is 734 g/mol. The number of fused-ring (bicyclic) bond motifs is 1. The summed E-state index contributed by atoms with van der Waals surface area (Å²) in [6.07, 6.45) is 1.94. The Hall–Kier alpha value is -4.21. The van der Waals surface area contributed by atoms with E-state index >= 15 is 0 Å². The highest BCUT2D eigenvalue weighted by atomic mass is 19.4. The SMILES string of the molecule is C=CC(=O)Nc1cc(Nc2ncc3c(n2)N(C2CCC(F)(F)CC2)C(=O)N([C@@H](CC)C(F)(F)F)C3)c(OC)cc1N1CCC(N2CCCCC2)CC1. The van der Waals surface area contributed by atoms with Crippen LogP contribution < -0.4 is 25.2 Å². The summed E-state index contributed by atoms with van der Waals surface area (Å²) in [5.41, 5.74) is 1.90. The summed E-state index contributed by atoms with van der Waals surface area (Å²) in [5.74, 6) is -2.84. The zero-order chi connectivity index (χ0) is 37.2. The van der Waals surface area contributed by atoms with E-state index in [0.717, 1.165) is 54.5 Å². The molecule has 1 aromatic carbocycles. The number of urea groups is 1. The summed E-state index contributed by atoms with van der Waals surface area (Å²) in [5, 5.41) is 6.00. The molecule has 1 aromatic heterocycles. The number of carbonyl (C=O) groups is 2. The number of nitrogens with one attached hydrogen (secondary N) is 2. The molecule has 3 amide bonds. The lowest BCUT2D eigenvalue weighted by atomic mass is 9.90. The van der Waals surface area contributed by atoms with Crippen LogP contribution in [0.25, 0.3) is 0 Å². The van der Waals surface area contributed by atoms with Gasteiger partial charge in [0.15, 0.2) is 0 Å². The van der Waals surface area contributed by atoms with Crippen molar-refractivity contribution in [3.8, 4) is 5.75 Å². The molecule has 3 aliphatic heterocycles. The van der Waals surface area contributed by atoms with Gasteiger partial charge in [-0.3, -0.25) is 9.69 Å². The molecule has 11 nitrogen and oxygen atoms in total. The van der Waals surface area contributed by atoms with Crippen LogP contribution in [-0.4, -0.2) is 95.2 Å². The molecule has 0 radical (unpaired) electrons. The molecule has 3 fully saturated rings.